The smallest absolute Gasteiger partial charge is 0.322 e. The Kier molecular flexibility index (Phi) is 4.50. The van der Waals surface area contributed by atoms with Crippen LogP contribution in [0, 0.1) is 11.3 Å². The van der Waals surface area contributed by atoms with Crippen LogP contribution in [0.4, 0.5) is 18.9 Å². The van der Waals surface area contributed by atoms with E-state index in [1.807, 2.05) is 0 Å². The van der Waals surface area contributed by atoms with Gasteiger partial charge in [0.2, 0.25) is 0 Å². The highest BCUT2D eigenvalue weighted by Crippen LogP contribution is 2.35. The van der Waals surface area contributed by atoms with Crippen LogP contribution in [-0.4, -0.2) is 25.5 Å². The molecule has 10 heteroatoms. The maximum absolute atomic E-state index is 13.5. The summed E-state index contributed by atoms with van der Waals surface area (Å²) >= 11 is 0. The number of halogens is 3. The molecule has 1 amide bonds. The SMILES string of the molecule is Cn1cc(-n2ncc3ccc(NC(=O)c4cccc(C#N)c4C(F)(F)F)cc32)cn1. The number of nitriles is 1. The molecule has 2 heterocycles. The van der Waals surface area contributed by atoms with Crippen LogP contribution in [0.2, 0.25) is 0 Å². The maximum atomic E-state index is 13.5. The van der Waals surface area contributed by atoms with E-state index in [1.165, 1.54) is 12.1 Å². The fourth-order valence-electron chi connectivity index (χ4n) is 3.16. The zero-order valence-electron chi connectivity index (χ0n) is 15.5. The van der Waals surface area contributed by atoms with E-state index in [2.05, 4.69) is 15.5 Å². The van der Waals surface area contributed by atoms with Gasteiger partial charge in [0, 0.05) is 18.1 Å². The number of nitrogens with zero attached hydrogens (tertiary/aromatic N) is 5. The first-order valence-electron chi connectivity index (χ1n) is 8.66. The number of hydrogen-bond acceptors (Lipinski definition) is 4. The Bertz CT molecular complexity index is 1310. The van der Waals surface area contributed by atoms with E-state index in [-0.39, 0.29) is 5.69 Å². The second-order valence-corrected chi connectivity index (χ2v) is 6.49. The van der Waals surface area contributed by atoms with Crippen LogP contribution in [0.25, 0.3) is 16.6 Å². The predicted octanol–water partition coefficient (Wildman–Crippen LogP) is 3.90. The molecule has 2 aromatic carbocycles. The third kappa shape index (κ3) is 3.37. The van der Waals surface area contributed by atoms with Gasteiger partial charge in [-0.25, -0.2) is 4.68 Å². The lowest BCUT2D eigenvalue weighted by atomic mass is 10.0. The molecule has 150 valence electrons. The minimum atomic E-state index is -4.85. The van der Waals surface area contributed by atoms with Crippen LogP contribution in [0.1, 0.15) is 21.5 Å². The summed E-state index contributed by atoms with van der Waals surface area (Å²) < 4.78 is 43.6. The highest BCUT2D eigenvalue weighted by Gasteiger charge is 2.38. The van der Waals surface area contributed by atoms with Crippen molar-refractivity contribution in [2.75, 3.05) is 5.32 Å². The molecule has 30 heavy (non-hydrogen) atoms. The van der Waals surface area contributed by atoms with Crippen molar-refractivity contribution >= 4 is 22.5 Å². The second-order valence-electron chi connectivity index (χ2n) is 6.49. The minimum absolute atomic E-state index is 0.286. The summed E-state index contributed by atoms with van der Waals surface area (Å²) in [6.45, 7) is 0. The molecule has 0 atom stereocenters. The van der Waals surface area contributed by atoms with Gasteiger partial charge in [0.25, 0.3) is 5.91 Å². The molecule has 0 aliphatic rings. The highest BCUT2D eigenvalue weighted by atomic mass is 19.4. The summed E-state index contributed by atoms with van der Waals surface area (Å²) in [4.78, 5) is 12.6. The molecule has 0 bridgehead atoms. The van der Waals surface area contributed by atoms with Gasteiger partial charge in [0.1, 0.15) is 5.69 Å². The second kappa shape index (κ2) is 7.04. The van der Waals surface area contributed by atoms with Crippen LogP contribution in [-0.2, 0) is 13.2 Å². The molecule has 4 aromatic rings. The van der Waals surface area contributed by atoms with Crippen molar-refractivity contribution in [3.63, 3.8) is 0 Å². The summed E-state index contributed by atoms with van der Waals surface area (Å²) in [6, 6.07) is 9.66. The first-order valence-corrected chi connectivity index (χ1v) is 8.66. The van der Waals surface area contributed by atoms with Crippen molar-refractivity contribution in [3.8, 4) is 11.8 Å². The lowest BCUT2D eigenvalue weighted by Gasteiger charge is -2.14. The summed E-state index contributed by atoms with van der Waals surface area (Å²) in [5.74, 6) is -0.966. The molecule has 0 fully saturated rings. The fourth-order valence-corrected chi connectivity index (χ4v) is 3.16. The molecule has 0 aliphatic carbocycles. The number of carbonyl (C=O) groups excluding carboxylic acids is 1. The van der Waals surface area contributed by atoms with Gasteiger partial charge in [-0.2, -0.15) is 28.6 Å². The van der Waals surface area contributed by atoms with Crippen LogP contribution in [0.3, 0.4) is 0 Å². The Morgan fingerprint density at radius 1 is 1.17 bits per heavy atom. The molecule has 0 spiro atoms. The van der Waals surface area contributed by atoms with E-state index < -0.39 is 28.8 Å². The fraction of sp³-hybridized carbons (Fsp3) is 0.100. The standard InChI is InChI=1S/C20H13F3N6O/c1-28-11-15(10-25-28)29-17-7-14(6-5-13(17)9-26-29)27-19(30)16-4-2-3-12(8-24)18(16)20(21,22)23/h2-7,9-11H,1H3,(H,27,30). The zero-order chi connectivity index (χ0) is 21.5. The maximum Gasteiger partial charge on any atom is 0.418 e. The Hall–Kier alpha value is -4.13. The molecule has 2 aromatic heterocycles. The number of rotatable bonds is 3. The van der Waals surface area contributed by atoms with Crippen LogP contribution in [0.5, 0.6) is 0 Å². The van der Waals surface area contributed by atoms with Crippen LogP contribution in [0.15, 0.2) is 55.0 Å². The zero-order valence-corrected chi connectivity index (χ0v) is 15.5. The van der Waals surface area contributed by atoms with Crippen molar-refractivity contribution in [3.05, 3.63) is 71.7 Å². The Morgan fingerprint density at radius 2 is 1.97 bits per heavy atom. The van der Waals surface area contributed by atoms with E-state index in [9.17, 15) is 18.0 Å². The number of anilines is 1. The van der Waals surface area contributed by atoms with E-state index in [4.69, 9.17) is 5.26 Å². The van der Waals surface area contributed by atoms with Crippen molar-refractivity contribution in [2.45, 2.75) is 6.18 Å². The van der Waals surface area contributed by atoms with E-state index in [0.29, 0.717) is 11.2 Å². The minimum Gasteiger partial charge on any atom is -0.322 e. The van der Waals surface area contributed by atoms with E-state index >= 15 is 0 Å². The monoisotopic (exact) mass is 410 g/mol. The van der Waals surface area contributed by atoms with Crippen molar-refractivity contribution in [1.29, 1.82) is 5.26 Å². The average molecular weight is 410 g/mol. The van der Waals surface area contributed by atoms with Gasteiger partial charge in [-0.05, 0) is 30.3 Å². The number of benzene rings is 2. The van der Waals surface area contributed by atoms with Gasteiger partial charge < -0.3 is 5.32 Å². The third-order valence-corrected chi connectivity index (χ3v) is 4.48. The number of amides is 1. The molecular weight excluding hydrogens is 397 g/mol. The van der Waals surface area contributed by atoms with E-state index in [1.54, 1.807) is 53.2 Å². The van der Waals surface area contributed by atoms with Gasteiger partial charge in [0.15, 0.2) is 0 Å². The number of aryl methyl sites for hydroxylation is 1. The molecular formula is C20H13F3N6O. The number of aromatic nitrogens is 4. The molecule has 0 saturated heterocycles. The summed E-state index contributed by atoms with van der Waals surface area (Å²) in [5.41, 5.74) is -0.873. The molecule has 0 unspecified atom stereocenters. The molecule has 0 saturated carbocycles. The quantitative estimate of drug-likeness (QED) is 0.555. The molecule has 0 aliphatic heterocycles. The van der Waals surface area contributed by atoms with Gasteiger partial charge in [-0.3, -0.25) is 9.48 Å². The average Bonchev–Trinajstić information content (AvgIpc) is 3.32. The summed E-state index contributed by atoms with van der Waals surface area (Å²) in [5, 5.41) is 20.7. The number of fused-ring (bicyclic) bond motifs is 1. The van der Waals surface area contributed by atoms with Crippen molar-refractivity contribution < 1.29 is 18.0 Å². The number of carbonyl (C=O) groups is 1. The first-order chi connectivity index (χ1) is 14.3. The van der Waals surface area contributed by atoms with Crippen molar-refractivity contribution in [1.82, 2.24) is 19.6 Å². The molecule has 0 radical (unpaired) electrons. The predicted molar refractivity (Wildman–Crippen MR) is 102 cm³/mol. The van der Waals surface area contributed by atoms with Crippen LogP contribution < -0.4 is 5.32 Å². The lowest BCUT2D eigenvalue weighted by molar-refractivity contribution is -0.138. The van der Waals surface area contributed by atoms with Gasteiger partial charge in [0.05, 0.1) is 46.9 Å². The number of nitrogens with one attached hydrogen (secondary N) is 1. The Morgan fingerprint density at radius 3 is 2.63 bits per heavy atom. The van der Waals surface area contributed by atoms with Gasteiger partial charge in [-0.15, -0.1) is 0 Å². The van der Waals surface area contributed by atoms with Crippen molar-refractivity contribution in [2.24, 2.45) is 7.05 Å². The third-order valence-electron chi connectivity index (χ3n) is 4.48. The molecule has 1 N–H and O–H groups in total. The number of hydrogen-bond donors (Lipinski definition) is 1. The number of alkyl halides is 3. The normalized spacial score (nSPS) is 11.4. The Balaban J connectivity index is 1.72. The Labute approximate surface area is 168 Å². The van der Waals surface area contributed by atoms with Crippen LogP contribution >= 0.6 is 0 Å². The highest BCUT2D eigenvalue weighted by molar-refractivity contribution is 6.06. The molecule has 7 nitrogen and oxygen atoms in total. The summed E-state index contributed by atoms with van der Waals surface area (Å²) in [7, 11) is 1.76. The lowest BCUT2D eigenvalue weighted by Crippen LogP contribution is -2.20. The van der Waals surface area contributed by atoms with E-state index in [0.717, 1.165) is 17.5 Å². The van der Waals surface area contributed by atoms with Gasteiger partial charge >= 0.3 is 6.18 Å². The molecule has 4 rings (SSSR count). The van der Waals surface area contributed by atoms with Gasteiger partial charge in [-0.1, -0.05) is 6.07 Å². The largest absolute Gasteiger partial charge is 0.418 e. The first kappa shape index (κ1) is 19.2. The summed E-state index contributed by atoms with van der Waals surface area (Å²) in [6.07, 6.45) is 0.148. The topological polar surface area (TPSA) is 88.5 Å².